The topological polar surface area (TPSA) is 63.1 Å². The van der Waals surface area contributed by atoms with E-state index in [0.29, 0.717) is 18.2 Å². The zero-order chi connectivity index (χ0) is 15.4. The van der Waals surface area contributed by atoms with Crippen molar-refractivity contribution in [1.82, 2.24) is 9.88 Å². The van der Waals surface area contributed by atoms with Crippen molar-refractivity contribution in [3.05, 3.63) is 40.7 Å². The molecule has 1 aromatic heterocycles. The first-order valence-electron chi connectivity index (χ1n) is 7.08. The fourth-order valence-electron chi connectivity index (χ4n) is 2.11. The summed E-state index contributed by atoms with van der Waals surface area (Å²) in [5.74, 6) is 0.340. The standard InChI is InChI=1S/C16H21N3O2/c1-11(2)9-18-15(20)10-17-13-8-16(21)19(3)14-7-5-4-6-12(13)14/h4-8,11,17H,9-10H2,1-3H3,(H,18,20). The molecule has 0 aliphatic carbocycles. The molecule has 2 rings (SSSR count). The number of hydrogen-bond donors (Lipinski definition) is 2. The summed E-state index contributed by atoms with van der Waals surface area (Å²) in [5.41, 5.74) is 1.43. The highest BCUT2D eigenvalue weighted by Crippen LogP contribution is 2.20. The van der Waals surface area contributed by atoms with E-state index in [2.05, 4.69) is 10.6 Å². The molecule has 0 radical (unpaired) electrons. The minimum Gasteiger partial charge on any atom is -0.375 e. The van der Waals surface area contributed by atoms with E-state index in [1.165, 1.54) is 6.07 Å². The Hall–Kier alpha value is -2.30. The summed E-state index contributed by atoms with van der Waals surface area (Å²) >= 11 is 0. The van der Waals surface area contributed by atoms with Crippen molar-refractivity contribution in [1.29, 1.82) is 0 Å². The zero-order valence-electron chi connectivity index (χ0n) is 12.6. The fourth-order valence-corrected chi connectivity index (χ4v) is 2.11. The van der Waals surface area contributed by atoms with Gasteiger partial charge in [-0.05, 0) is 12.0 Å². The van der Waals surface area contributed by atoms with Crippen LogP contribution in [0.4, 0.5) is 5.69 Å². The molecule has 5 heteroatoms. The van der Waals surface area contributed by atoms with Gasteiger partial charge >= 0.3 is 0 Å². The molecule has 5 nitrogen and oxygen atoms in total. The van der Waals surface area contributed by atoms with E-state index >= 15 is 0 Å². The maximum absolute atomic E-state index is 11.9. The number of para-hydroxylation sites is 1. The lowest BCUT2D eigenvalue weighted by atomic mass is 10.2. The van der Waals surface area contributed by atoms with Gasteiger partial charge in [-0.25, -0.2) is 0 Å². The molecule has 0 aliphatic heterocycles. The van der Waals surface area contributed by atoms with E-state index in [1.807, 2.05) is 38.1 Å². The molecule has 0 aliphatic rings. The second-order valence-electron chi connectivity index (χ2n) is 5.52. The molecule has 1 heterocycles. The first-order chi connectivity index (χ1) is 9.99. The quantitative estimate of drug-likeness (QED) is 0.880. The van der Waals surface area contributed by atoms with Gasteiger partial charge in [-0.1, -0.05) is 32.0 Å². The number of fused-ring (bicyclic) bond motifs is 1. The molecule has 0 unspecified atom stereocenters. The molecular formula is C16H21N3O2. The summed E-state index contributed by atoms with van der Waals surface area (Å²) in [7, 11) is 1.74. The Morgan fingerprint density at radius 3 is 2.71 bits per heavy atom. The smallest absolute Gasteiger partial charge is 0.252 e. The number of carbonyl (C=O) groups excluding carboxylic acids is 1. The van der Waals surface area contributed by atoms with Crippen molar-refractivity contribution in [3.8, 4) is 0 Å². The summed E-state index contributed by atoms with van der Waals surface area (Å²) in [4.78, 5) is 23.7. The summed E-state index contributed by atoms with van der Waals surface area (Å²) in [5, 5.41) is 6.82. The Bertz CT molecular complexity index is 704. The Balaban J connectivity index is 2.18. The third-order valence-electron chi connectivity index (χ3n) is 3.30. The van der Waals surface area contributed by atoms with Crippen molar-refractivity contribution in [2.24, 2.45) is 13.0 Å². The minimum absolute atomic E-state index is 0.0755. The third-order valence-corrected chi connectivity index (χ3v) is 3.30. The number of benzene rings is 1. The van der Waals surface area contributed by atoms with Gasteiger partial charge in [0.15, 0.2) is 0 Å². The zero-order valence-corrected chi connectivity index (χ0v) is 12.6. The number of rotatable bonds is 5. The molecule has 0 saturated carbocycles. The Kier molecular flexibility index (Phi) is 4.62. The van der Waals surface area contributed by atoms with Crippen molar-refractivity contribution in [2.45, 2.75) is 13.8 Å². The second kappa shape index (κ2) is 6.43. The monoisotopic (exact) mass is 287 g/mol. The predicted octanol–water partition coefficient (Wildman–Crippen LogP) is 1.72. The van der Waals surface area contributed by atoms with Gasteiger partial charge in [0.05, 0.1) is 12.1 Å². The molecule has 0 atom stereocenters. The highest BCUT2D eigenvalue weighted by Gasteiger charge is 2.07. The highest BCUT2D eigenvalue weighted by molar-refractivity contribution is 5.93. The first-order valence-corrected chi connectivity index (χ1v) is 7.08. The van der Waals surface area contributed by atoms with Crippen LogP contribution in [0, 0.1) is 5.92 Å². The third kappa shape index (κ3) is 3.62. The Morgan fingerprint density at radius 2 is 2.00 bits per heavy atom. The summed E-state index contributed by atoms with van der Waals surface area (Å²) in [6, 6.07) is 9.15. The van der Waals surface area contributed by atoms with Gasteiger partial charge in [-0.2, -0.15) is 0 Å². The van der Waals surface area contributed by atoms with Crippen LogP contribution in [-0.4, -0.2) is 23.6 Å². The highest BCUT2D eigenvalue weighted by atomic mass is 16.2. The Labute approximate surface area is 124 Å². The summed E-state index contributed by atoms with van der Waals surface area (Å²) in [6.45, 7) is 4.89. The predicted molar refractivity (Wildman–Crippen MR) is 85.5 cm³/mol. The van der Waals surface area contributed by atoms with Crippen molar-refractivity contribution in [3.63, 3.8) is 0 Å². The number of aryl methyl sites for hydroxylation is 1. The van der Waals surface area contributed by atoms with Gasteiger partial charge in [0.2, 0.25) is 5.91 Å². The van der Waals surface area contributed by atoms with Crippen LogP contribution in [0.5, 0.6) is 0 Å². The van der Waals surface area contributed by atoms with Crippen LogP contribution in [0.15, 0.2) is 35.1 Å². The molecule has 2 N–H and O–H groups in total. The average Bonchev–Trinajstić information content (AvgIpc) is 2.47. The van der Waals surface area contributed by atoms with Gasteiger partial charge in [-0.3, -0.25) is 9.59 Å². The molecular weight excluding hydrogens is 266 g/mol. The van der Waals surface area contributed by atoms with E-state index < -0.39 is 0 Å². The number of carbonyl (C=O) groups is 1. The second-order valence-corrected chi connectivity index (χ2v) is 5.52. The van der Waals surface area contributed by atoms with Crippen LogP contribution in [-0.2, 0) is 11.8 Å². The van der Waals surface area contributed by atoms with E-state index in [1.54, 1.807) is 11.6 Å². The molecule has 21 heavy (non-hydrogen) atoms. The van der Waals surface area contributed by atoms with Gasteiger partial charge in [0.25, 0.3) is 5.56 Å². The van der Waals surface area contributed by atoms with Crippen LogP contribution in [0.2, 0.25) is 0 Å². The van der Waals surface area contributed by atoms with Gasteiger partial charge in [0.1, 0.15) is 0 Å². The van der Waals surface area contributed by atoms with E-state index in [-0.39, 0.29) is 18.0 Å². The van der Waals surface area contributed by atoms with E-state index in [4.69, 9.17) is 0 Å². The minimum atomic E-state index is -0.0983. The molecule has 0 saturated heterocycles. The SMILES string of the molecule is CC(C)CNC(=O)CNc1cc(=O)n(C)c2ccccc12. The summed E-state index contributed by atoms with van der Waals surface area (Å²) < 4.78 is 1.60. The average molecular weight is 287 g/mol. The Morgan fingerprint density at radius 1 is 1.29 bits per heavy atom. The van der Waals surface area contributed by atoms with Crippen molar-refractivity contribution >= 4 is 22.5 Å². The fraction of sp³-hybridized carbons (Fsp3) is 0.375. The van der Waals surface area contributed by atoms with Crippen molar-refractivity contribution < 1.29 is 4.79 Å². The number of amides is 1. The number of nitrogens with zero attached hydrogens (tertiary/aromatic N) is 1. The summed E-state index contributed by atoms with van der Waals surface area (Å²) in [6.07, 6.45) is 0. The number of aromatic nitrogens is 1. The lowest BCUT2D eigenvalue weighted by molar-refractivity contribution is -0.119. The number of pyridine rings is 1. The van der Waals surface area contributed by atoms with Crippen LogP contribution >= 0.6 is 0 Å². The van der Waals surface area contributed by atoms with Crippen LogP contribution in [0.25, 0.3) is 10.9 Å². The van der Waals surface area contributed by atoms with Crippen LogP contribution < -0.4 is 16.2 Å². The molecule has 1 aromatic carbocycles. The molecule has 1 amide bonds. The van der Waals surface area contributed by atoms with Crippen LogP contribution in [0.3, 0.4) is 0 Å². The number of nitrogens with one attached hydrogen (secondary N) is 2. The lowest BCUT2D eigenvalue weighted by Gasteiger charge is -2.12. The van der Waals surface area contributed by atoms with Gasteiger partial charge in [-0.15, -0.1) is 0 Å². The molecule has 112 valence electrons. The number of anilines is 1. The molecule has 0 fully saturated rings. The molecule has 2 aromatic rings. The maximum atomic E-state index is 11.9. The first kappa shape index (κ1) is 15.1. The maximum Gasteiger partial charge on any atom is 0.252 e. The van der Waals surface area contributed by atoms with Crippen molar-refractivity contribution in [2.75, 3.05) is 18.4 Å². The lowest BCUT2D eigenvalue weighted by Crippen LogP contribution is -2.32. The largest absolute Gasteiger partial charge is 0.375 e. The normalized spacial score (nSPS) is 10.9. The number of hydrogen-bond acceptors (Lipinski definition) is 3. The van der Waals surface area contributed by atoms with Crippen LogP contribution in [0.1, 0.15) is 13.8 Å². The van der Waals surface area contributed by atoms with Gasteiger partial charge in [0, 0.05) is 30.7 Å². The van der Waals surface area contributed by atoms with Gasteiger partial charge < -0.3 is 15.2 Å². The molecule has 0 spiro atoms. The molecule has 0 bridgehead atoms. The van der Waals surface area contributed by atoms with E-state index in [9.17, 15) is 9.59 Å². The van der Waals surface area contributed by atoms with E-state index in [0.717, 1.165) is 10.9 Å².